The van der Waals surface area contributed by atoms with Gasteiger partial charge in [0.25, 0.3) is 0 Å². The lowest BCUT2D eigenvalue weighted by atomic mass is 9.94. The highest BCUT2D eigenvalue weighted by atomic mass is 35.5. The molecular formula is C9H6ClNO. The number of ketones is 1. The zero-order valence-electron chi connectivity index (χ0n) is 6.20. The molecule has 0 aromatic heterocycles. The Bertz CT molecular complexity index is 350. The zero-order valence-corrected chi connectivity index (χ0v) is 6.95. The van der Waals surface area contributed by atoms with Crippen molar-refractivity contribution in [3.05, 3.63) is 36.1 Å². The maximum atomic E-state index is 11.2. The van der Waals surface area contributed by atoms with E-state index in [-0.39, 0.29) is 11.7 Å². The molecule has 1 aliphatic heterocycles. The molecule has 1 unspecified atom stereocenters. The van der Waals surface area contributed by atoms with Crippen molar-refractivity contribution >= 4 is 22.6 Å². The molecule has 3 heteroatoms. The highest BCUT2D eigenvalue weighted by Crippen LogP contribution is 2.24. The molecule has 0 aromatic rings. The summed E-state index contributed by atoms with van der Waals surface area (Å²) in [5, 5.41) is 0.431. The van der Waals surface area contributed by atoms with E-state index in [2.05, 4.69) is 4.99 Å². The second kappa shape index (κ2) is 2.72. The summed E-state index contributed by atoms with van der Waals surface area (Å²) in [5.41, 5.74) is 0.731. The number of hydrogen-bond acceptors (Lipinski definition) is 2. The Morgan fingerprint density at radius 3 is 3.08 bits per heavy atom. The van der Waals surface area contributed by atoms with Crippen molar-refractivity contribution in [2.75, 3.05) is 0 Å². The van der Waals surface area contributed by atoms with Gasteiger partial charge in [-0.25, -0.2) is 4.99 Å². The van der Waals surface area contributed by atoms with Crippen molar-refractivity contribution < 1.29 is 4.79 Å². The fourth-order valence-electron chi connectivity index (χ4n) is 1.23. The summed E-state index contributed by atoms with van der Waals surface area (Å²) in [4.78, 5) is 15.3. The molecule has 1 heterocycles. The van der Waals surface area contributed by atoms with Gasteiger partial charge in [0.2, 0.25) is 0 Å². The van der Waals surface area contributed by atoms with Gasteiger partial charge < -0.3 is 0 Å². The van der Waals surface area contributed by atoms with Gasteiger partial charge in [-0.15, -0.1) is 0 Å². The van der Waals surface area contributed by atoms with Crippen LogP contribution in [-0.4, -0.2) is 11.0 Å². The molecule has 0 amide bonds. The topological polar surface area (TPSA) is 29.4 Å². The van der Waals surface area contributed by atoms with E-state index >= 15 is 0 Å². The van der Waals surface area contributed by atoms with Crippen molar-refractivity contribution in [2.24, 2.45) is 10.9 Å². The normalized spacial score (nSPS) is 26.4. The summed E-state index contributed by atoms with van der Waals surface area (Å²) in [7, 11) is 0. The minimum Gasteiger partial charge on any atom is -0.294 e. The number of hydrogen-bond donors (Lipinski definition) is 0. The molecule has 0 spiro atoms. The van der Waals surface area contributed by atoms with Crippen molar-refractivity contribution in [2.45, 2.75) is 0 Å². The van der Waals surface area contributed by atoms with Crippen LogP contribution in [0.5, 0.6) is 0 Å². The van der Waals surface area contributed by atoms with Crippen molar-refractivity contribution in [3.63, 3.8) is 0 Å². The second-order valence-corrected chi connectivity index (χ2v) is 3.01. The molecular weight excluding hydrogens is 174 g/mol. The Kier molecular flexibility index (Phi) is 1.70. The molecule has 2 nitrogen and oxygen atoms in total. The third-order valence-corrected chi connectivity index (χ3v) is 2.03. The van der Waals surface area contributed by atoms with Crippen LogP contribution in [0.2, 0.25) is 0 Å². The van der Waals surface area contributed by atoms with Crippen molar-refractivity contribution in [1.82, 2.24) is 0 Å². The zero-order chi connectivity index (χ0) is 8.55. The number of dihydropyridines is 1. The highest BCUT2D eigenvalue weighted by molar-refractivity contribution is 6.68. The molecule has 1 atom stereocenters. The number of aliphatic imine (C=N–C) groups is 1. The summed E-state index contributed by atoms with van der Waals surface area (Å²) >= 11 is 5.67. The summed E-state index contributed by atoms with van der Waals surface area (Å²) < 4.78 is 0. The molecule has 0 N–H and O–H groups in total. The summed E-state index contributed by atoms with van der Waals surface area (Å²) in [6.45, 7) is 0. The lowest BCUT2D eigenvalue weighted by molar-refractivity contribution is -0.116. The molecule has 0 saturated carbocycles. The Balaban J connectivity index is 2.43. The number of carbonyl (C=O) groups is 1. The van der Waals surface area contributed by atoms with Crippen LogP contribution in [0.4, 0.5) is 0 Å². The van der Waals surface area contributed by atoms with Crippen LogP contribution in [0, 0.1) is 5.92 Å². The maximum Gasteiger partial charge on any atom is 0.168 e. The number of halogens is 1. The van der Waals surface area contributed by atoms with Gasteiger partial charge in [0, 0.05) is 0 Å². The molecule has 0 aromatic carbocycles. The molecule has 1 aliphatic carbocycles. The average Bonchev–Trinajstić information content (AvgIpc) is 2.04. The minimum atomic E-state index is -0.211. The first-order valence-electron chi connectivity index (χ1n) is 3.62. The number of nitrogens with zero attached hydrogens (tertiary/aromatic N) is 1. The van der Waals surface area contributed by atoms with Gasteiger partial charge >= 0.3 is 0 Å². The molecule has 0 bridgehead atoms. The standard InChI is InChI=1S/C9H6ClNO/c10-9-5-4-6-7(11-9)2-1-3-8(6)12/h1-6H. The largest absolute Gasteiger partial charge is 0.294 e. The van der Waals surface area contributed by atoms with Gasteiger partial charge in [-0.2, -0.15) is 0 Å². The van der Waals surface area contributed by atoms with E-state index in [4.69, 9.17) is 11.6 Å². The molecule has 2 aliphatic rings. The van der Waals surface area contributed by atoms with Crippen LogP contribution in [0.3, 0.4) is 0 Å². The Labute approximate surface area is 74.9 Å². The van der Waals surface area contributed by atoms with E-state index in [0.29, 0.717) is 5.17 Å². The van der Waals surface area contributed by atoms with E-state index < -0.39 is 0 Å². The van der Waals surface area contributed by atoms with Gasteiger partial charge in [-0.3, -0.25) is 4.79 Å². The number of fused-ring (bicyclic) bond motifs is 1. The second-order valence-electron chi connectivity index (χ2n) is 2.62. The summed E-state index contributed by atoms with van der Waals surface area (Å²) in [6, 6.07) is 0. The molecule has 60 valence electrons. The monoisotopic (exact) mass is 179 g/mol. The smallest absolute Gasteiger partial charge is 0.168 e. The van der Waals surface area contributed by atoms with Crippen LogP contribution < -0.4 is 0 Å². The minimum absolute atomic E-state index is 0.0664. The van der Waals surface area contributed by atoms with Crippen molar-refractivity contribution in [1.29, 1.82) is 0 Å². The van der Waals surface area contributed by atoms with Gasteiger partial charge in [-0.05, 0) is 18.2 Å². The first-order chi connectivity index (χ1) is 5.77. The predicted molar refractivity (Wildman–Crippen MR) is 48.1 cm³/mol. The third kappa shape index (κ3) is 1.14. The van der Waals surface area contributed by atoms with Crippen molar-refractivity contribution in [3.8, 4) is 0 Å². The Hall–Kier alpha value is -1.15. The van der Waals surface area contributed by atoms with Gasteiger partial charge in [0.05, 0.1) is 11.6 Å². The molecule has 0 saturated heterocycles. The van der Waals surface area contributed by atoms with E-state index in [9.17, 15) is 4.79 Å². The molecule has 0 fully saturated rings. The lowest BCUT2D eigenvalue weighted by Gasteiger charge is -2.16. The number of allylic oxidation sites excluding steroid dienone is 5. The first-order valence-corrected chi connectivity index (χ1v) is 3.99. The van der Waals surface area contributed by atoms with Gasteiger partial charge in [0.15, 0.2) is 5.78 Å². The SMILES string of the molecule is O=C1C=CC=C2N=C(Cl)C=CC12. The summed E-state index contributed by atoms with van der Waals surface area (Å²) in [5.74, 6) is -0.144. The fourth-order valence-corrected chi connectivity index (χ4v) is 1.40. The van der Waals surface area contributed by atoms with E-state index in [0.717, 1.165) is 5.70 Å². The fraction of sp³-hybridized carbons (Fsp3) is 0.111. The van der Waals surface area contributed by atoms with E-state index in [1.165, 1.54) is 0 Å². The highest BCUT2D eigenvalue weighted by Gasteiger charge is 2.22. The van der Waals surface area contributed by atoms with Gasteiger partial charge in [0.1, 0.15) is 5.17 Å². The predicted octanol–water partition coefficient (Wildman–Crippen LogP) is 1.83. The summed E-state index contributed by atoms with van der Waals surface area (Å²) in [6.07, 6.45) is 8.47. The van der Waals surface area contributed by atoms with Crippen LogP contribution in [0.15, 0.2) is 41.1 Å². The maximum absolute atomic E-state index is 11.2. The Morgan fingerprint density at radius 2 is 2.25 bits per heavy atom. The number of rotatable bonds is 0. The van der Waals surface area contributed by atoms with E-state index in [1.54, 1.807) is 30.4 Å². The Morgan fingerprint density at radius 1 is 1.42 bits per heavy atom. The van der Waals surface area contributed by atoms with Crippen LogP contribution >= 0.6 is 11.6 Å². The quantitative estimate of drug-likeness (QED) is 0.558. The molecule has 12 heavy (non-hydrogen) atoms. The number of carbonyl (C=O) groups excluding carboxylic acids is 1. The average molecular weight is 180 g/mol. The van der Waals surface area contributed by atoms with E-state index in [1.807, 2.05) is 0 Å². The van der Waals surface area contributed by atoms with Crippen LogP contribution in [0.25, 0.3) is 0 Å². The van der Waals surface area contributed by atoms with Gasteiger partial charge in [-0.1, -0.05) is 23.8 Å². The first kappa shape index (κ1) is 7.50. The molecule has 2 rings (SSSR count). The van der Waals surface area contributed by atoms with Crippen LogP contribution in [-0.2, 0) is 4.79 Å². The third-order valence-electron chi connectivity index (χ3n) is 1.81. The molecule has 0 radical (unpaired) electrons. The lowest BCUT2D eigenvalue weighted by Crippen LogP contribution is -2.16. The van der Waals surface area contributed by atoms with Crippen LogP contribution in [0.1, 0.15) is 0 Å².